The van der Waals surface area contributed by atoms with Gasteiger partial charge in [0, 0.05) is 13.1 Å². The van der Waals surface area contributed by atoms with Gasteiger partial charge in [0.1, 0.15) is 0 Å². The lowest BCUT2D eigenvalue weighted by atomic mass is 9.80. The van der Waals surface area contributed by atoms with Gasteiger partial charge in [-0.25, -0.2) is 0 Å². The van der Waals surface area contributed by atoms with E-state index in [0.717, 1.165) is 22.6 Å². The molecule has 0 aromatic carbocycles. The average molecular weight is 301 g/mol. The van der Waals surface area contributed by atoms with E-state index in [1.165, 1.54) is 29.5 Å². The first-order valence-electron chi connectivity index (χ1n) is 6.29. The smallest absolute Gasteiger partial charge is 0.313 e. The number of anilines is 1. The molecule has 106 valence electrons. The Kier molecular flexibility index (Phi) is 4.35. The van der Waals surface area contributed by atoms with E-state index in [0.29, 0.717) is 11.3 Å². The summed E-state index contributed by atoms with van der Waals surface area (Å²) in [4.78, 5) is 12.8. The molecule has 1 unspecified atom stereocenters. The molecule has 1 fully saturated rings. The molecule has 0 saturated carbocycles. The molecule has 0 aliphatic carbocycles. The second kappa shape index (κ2) is 5.66. The summed E-state index contributed by atoms with van der Waals surface area (Å²) < 4.78 is 0.733. The Hall–Kier alpha value is -0.820. The lowest BCUT2D eigenvalue weighted by Gasteiger charge is -2.26. The zero-order valence-corrected chi connectivity index (χ0v) is 13.1. The summed E-state index contributed by atoms with van der Waals surface area (Å²) >= 11 is 2.72. The van der Waals surface area contributed by atoms with Crippen LogP contribution in [0.4, 0.5) is 5.13 Å². The Morgan fingerprint density at radius 1 is 1.53 bits per heavy atom. The third-order valence-corrected chi connectivity index (χ3v) is 5.50. The zero-order chi connectivity index (χ0) is 14.0. The van der Waals surface area contributed by atoms with Crippen LogP contribution >= 0.6 is 23.1 Å². The summed E-state index contributed by atoms with van der Waals surface area (Å²) in [5.41, 5.74) is 0.320. The number of aromatic nitrogens is 2. The number of rotatable bonds is 4. The van der Waals surface area contributed by atoms with Crippen LogP contribution in [-0.4, -0.2) is 40.1 Å². The van der Waals surface area contributed by atoms with E-state index in [1.54, 1.807) is 0 Å². The molecule has 1 aliphatic heterocycles. The molecule has 1 saturated heterocycles. The molecule has 7 heteroatoms. The van der Waals surface area contributed by atoms with Crippen molar-refractivity contribution < 1.29 is 9.90 Å². The highest BCUT2D eigenvalue weighted by Crippen LogP contribution is 2.37. The number of nitrogens with zero attached hydrogens (tertiary/aromatic N) is 3. The van der Waals surface area contributed by atoms with Gasteiger partial charge < -0.3 is 10.0 Å². The monoisotopic (exact) mass is 301 g/mol. The summed E-state index contributed by atoms with van der Waals surface area (Å²) in [5.74, 6) is -0.110. The van der Waals surface area contributed by atoms with Crippen LogP contribution < -0.4 is 4.90 Å². The van der Waals surface area contributed by atoms with E-state index in [9.17, 15) is 4.79 Å². The van der Waals surface area contributed by atoms with Gasteiger partial charge in [0.2, 0.25) is 5.13 Å². The standard InChI is InChI=1S/C12H19N3O2S2/c1-12(2,3)8-4-5-15(6-8)10-13-14-11(19-10)18-7-9(16)17/h8H,4-7H2,1-3H3,(H,16,17). The van der Waals surface area contributed by atoms with Crippen LogP contribution in [0.15, 0.2) is 4.34 Å². The summed E-state index contributed by atoms with van der Waals surface area (Å²) in [5, 5.41) is 17.8. The molecule has 1 aromatic rings. The van der Waals surface area contributed by atoms with Crippen molar-refractivity contribution in [2.24, 2.45) is 11.3 Å². The van der Waals surface area contributed by atoms with Crippen molar-refractivity contribution in [1.82, 2.24) is 10.2 Å². The first kappa shape index (κ1) is 14.6. The summed E-state index contributed by atoms with van der Waals surface area (Å²) in [7, 11) is 0. The third-order valence-electron chi connectivity index (χ3n) is 3.40. The number of thioether (sulfide) groups is 1. The van der Waals surface area contributed by atoms with Gasteiger partial charge >= 0.3 is 5.97 Å². The SMILES string of the molecule is CC(C)(C)C1CCN(c2nnc(SCC(=O)O)s2)C1. The van der Waals surface area contributed by atoms with Crippen LogP contribution in [0.3, 0.4) is 0 Å². The van der Waals surface area contributed by atoms with Gasteiger partial charge in [-0.05, 0) is 17.8 Å². The molecule has 19 heavy (non-hydrogen) atoms. The fraction of sp³-hybridized carbons (Fsp3) is 0.750. The topological polar surface area (TPSA) is 66.3 Å². The molecule has 0 amide bonds. The Balaban J connectivity index is 1.95. The van der Waals surface area contributed by atoms with Crippen molar-refractivity contribution >= 4 is 34.2 Å². The Morgan fingerprint density at radius 2 is 2.26 bits per heavy atom. The molecule has 0 radical (unpaired) electrons. The van der Waals surface area contributed by atoms with Gasteiger partial charge in [-0.2, -0.15) is 0 Å². The van der Waals surface area contributed by atoms with Gasteiger partial charge in [-0.3, -0.25) is 4.79 Å². The molecule has 0 bridgehead atoms. The predicted octanol–water partition coefficient (Wildman–Crippen LogP) is 2.59. The van der Waals surface area contributed by atoms with Crippen LogP contribution in [0.2, 0.25) is 0 Å². The number of aliphatic carboxylic acids is 1. The number of carbonyl (C=O) groups is 1. The third kappa shape index (κ3) is 3.82. The molecule has 0 spiro atoms. The Bertz CT molecular complexity index is 456. The van der Waals surface area contributed by atoms with Gasteiger partial charge in [-0.15, -0.1) is 10.2 Å². The highest BCUT2D eigenvalue weighted by atomic mass is 32.2. The largest absolute Gasteiger partial charge is 0.481 e. The Morgan fingerprint density at radius 3 is 2.84 bits per heavy atom. The minimum Gasteiger partial charge on any atom is -0.481 e. The Labute approximate surface area is 121 Å². The fourth-order valence-electron chi connectivity index (χ4n) is 2.15. The first-order chi connectivity index (χ1) is 8.86. The molecule has 2 rings (SSSR count). The molecule has 1 atom stereocenters. The quantitative estimate of drug-likeness (QED) is 0.862. The minimum absolute atomic E-state index is 0.0409. The maximum atomic E-state index is 10.5. The summed E-state index contributed by atoms with van der Waals surface area (Å²) in [6.07, 6.45) is 1.18. The van der Waals surface area contributed by atoms with Crippen LogP contribution in [0.1, 0.15) is 27.2 Å². The minimum atomic E-state index is -0.823. The average Bonchev–Trinajstić information content (AvgIpc) is 2.94. The van der Waals surface area contributed by atoms with Crippen molar-refractivity contribution in [2.45, 2.75) is 31.5 Å². The number of hydrogen-bond donors (Lipinski definition) is 1. The van der Waals surface area contributed by atoms with E-state index in [2.05, 4.69) is 35.9 Å². The lowest BCUT2D eigenvalue weighted by Crippen LogP contribution is -2.25. The van der Waals surface area contributed by atoms with Gasteiger partial charge in [0.05, 0.1) is 5.75 Å². The van der Waals surface area contributed by atoms with Gasteiger partial charge in [0.25, 0.3) is 0 Å². The van der Waals surface area contributed by atoms with Crippen molar-refractivity contribution in [2.75, 3.05) is 23.7 Å². The van der Waals surface area contributed by atoms with Crippen LogP contribution in [0, 0.1) is 11.3 Å². The summed E-state index contributed by atoms with van der Waals surface area (Å²) in [6.45, 7) is 8.85. The molecular weight excluding hydrogens is 282 g/mol. The van der Waals surface area contributed by atoms with E-state index in [-0.39, 0.29) is 5.75 Å². The van der Waals surface area contributed by atoms with Crippen molar-refractivity contribution in [3.63, 3.8) is 0 Å². The normalized spacial score (nSPS) is 19.9. The zero-order valence-electron chi connectivity index (χ0n) is 11.4. The molecule has 2 heterocycles. The van der Waals surface area contributed by atoms with Crippen LogP contribution in [-0.2, 0) is 4.79 Å². The van der Waals surface area contributed by atoms with Crippen molar-refractivity contribution in [1.29, 1.82) is 0 Å². The molecule has 5 nitrogen and oxygen atoms in total. The summed E-state index contributed by atoms with van der Waals surface area (Å²) in [6, 6.07) is 0. The second-order valence-electron chi connectivity index (χ2n) is 5.83. The first-order valence-corrected chi connectivity index (χ1v) is 8.09. The number of carboxylic acids is 1. The molecular formula is C12H19N3O2S2. The second-order valence-corrected chi connectivity index (χ2v) is 8.01. The lowest BCUT2D eigenvalue weighted by molar-refractivity contribution is -0.133. The van der Waals surface area contributed by atoms with Crippen molar-refractivity contribution in [3.8, 4) is 0 Å². The van der Waals surface area contributed by atoms with Crippen LogP contribution in [0.5, 0.6) is 0 Å². The highest BCUT2D eigenvalue weighted by Gasteiger charge is 2.33. The van der Waals surface area contributed by atoms with E-state index in [4.69, 9.17) is 5.11 Å². The van der Waals surface area contributed by atoms with Gasteiger partial charge in [0.15, 0.2) is 4.34 Å². The van der Waals surface area contributed by atoms with Crippen LogP contribution in [0.25, 0.3) is 0 Å². The van der Waals surface area contributed by atoms with E-state index < -0.39 is 5.97 Å². The maximum Gasteiger partial charge on any atom is 0.313 e. The fourth-order valence-corrected chi connectivity index (χ4v) is 3.75. The molecule has 1 aromatic heterocycles. The predicted molar refractivity (Wildman–Crippen MR) is 78.0 cm³/mol. The number of hydrogen-bond acceptors (Lipinski definition) is 6. The maximum absolute atomic E-state index is 10.5. The molecule has 1 N–H and O–H groups in total. The molecule has 1 aliphatic rings. The van der Waals surface area contributed by atoms with E-state index in [1.807, 2.05) is 0 Å². The van der Waals surface area contributed by atoms with Crippen molar-refractivity contribution in [3.05, 3.63) is 0 Å². The van der Waals surface area contributed by atoms with E-state index >= 15 is 0 Å². The number of carboxylic acid groups (broad SMARTS) is 1. The van der Waals surface area contributed by atoms with Gasteiger partial charge in [-0.1, -0.05) is 43.9 Å². The highest BCUT2D eigenvalue weighted by molar-refractivity contribution is 8.01.